The molecule has 2 heterocycles. The molecule has 0 saturated carbocycles. The van der Waals surface area contributed by atoms with Crippen molar-refractivity contribution in [2.24, 2.45) is 7.05 Å². The maximum atomic E-state index is 12.3. The van der Waals surface area contributed by atoms with E-state index in [0.717, 1.165) is 23.7 Å². The Labute approximate surface area is 146 Å². The number of benzene rings is 1. The highest BCUT2D eigenvalue weighted by molar-refractivity contribution is 8.37. The molecule has 24 heavy (non-hydrogen) atoms. The van der Waals surface area contributed by atoms with Crippen molar-refractivity contribution in [2.75, 3.05) is 32.1 Å². The van der Waals surface area contributed by atoms with Gasteiger partial charge in [-0.1, -0.05) is 11.8 Å². The molecule has 1 fully saturated rings. The maximum Gasteiger partial charge on any atom is 0.419 e. The van der Waals surface area contributed by atoms with Crippen molar-refractivity contribution in [1.82, 2.24) is 8.87 Å². The largest absolute Gasteiger partial charge is 0.419 e. The predicted octanol–water partition coefficient (Wildman–Crippen LogP) is 2.15. The Morgan fingerprint density at radius 1 is 1.25 bits per heavy atom. The number of carbonyl (C=O) groups excluding carboxylic acids is 2. The Kier molecular flexibility index (Phi) is 5.44. The summed E-state index contributed by atoms with van der Waals surface area (Å²) in [6, 6.07) is 4.81. The Bertz CT molecular complexity index is 823. The third kappa shape index (κ3) is 3.92. The molecular formula is C15H16N2O5S2. The van der Waals surface area contributed by atoms with Gasteiger partial charge < -0.3 is 9.15 Å². The molecule has 9 heteroatoms. The molecule has 0 aliphatic carbocycles. The lowest BCUT2D eigenvalue weighted by atomic mass is 10.1. The van der Waals surface area contributed by atoms with E-state index in [-0.39, 0.29) is 16.0 Å². The molecule has 0 radical (unpaired) electrons. The van der Waals surface area contributed by atoms with Gasteiger partial charge in [0.1, 0.15) is 0 Å². The SMILES string of the molecule is Cn1c(=O)oc2ccc(C(=O)CSC(=O)SN3CCOCC3)cc21. The fourth-order valence-corrected chi connectivity index (χ4v) is 3.94. The van der Waals surface area contributed by atoms with Crippen LogP contribution >= 0.6 is 23.7 Å². The van der Waals surface area contributed by atoms with E-state index in [1.807, 2.05) is 4.31 Å². The second kappa shape index (κ2) is 7.56. The summed E-state index contributed by atoms with van der Waals surface area (Å²) >= 11 is 2.12. The van der Waals surface area contributed by atoms with Crippen molar-refractivity contribution in [3.63, 3.8) is 0 Å². The Morgan fingerprint density at radius 3 is 2.75 bits per heavy atom. The number of aromatic nitrogens is 1. The van der Waals surface area contributed by atoms with Gasteiger partial charge in [-0.25, -0.2) is 9.10 Å². The van der Waals surface area contributed by atoms with Crippen molar-refractivity contribution < 1.29 is 18.7 Å². The van der Waals surface area contributed by atoms with Crippen molar-refractivity contribution in [3.05, 3.63) is 34.3 Å². The molecule has 2 aromatic rings. The van der Waals surface area contributed by atoms with E-state index in [9.17, 15) is 14.4 Å². The lowest BCUT2D eigenvalue weighted by Crippen LogP contribution is -2.31. The van der Waals surface area contributed by atoms with Crippen LogP contribution in [0.2, 0.25) is 0 Å². The normalized spacial score (nSPS) is 15.7. The summed E-state index contributed by atoms with van der Waals surface area (Å²) in [5.41, 5.74) is 1.45. The summed E-state index contributed by atoms with van der Waals surface area (Å²) in [6.07, 6.45) is 0. The van der Waals surface area contributed by atoms with Gasteiger partial charge in [0.2, 0.25) is 0 Å². The first-order chi connectivity index (χ1) is 11.5. The number of hydrogen-bond acceptors (Lipinski definition) is 8. The highest BCUT2D eigenvalue weighted by Crippen LogP contribution is 2.23. The number of ketones is 1. The number of oxazole rings is 1. The van der Waals surface area contributed by atoms with Crippen molar-refractivity contribution in [2.45, 2.75) is 0 Å². The molecule has 1 aromatic carbocycles. The van der Waals surface area contributed by atoms with Gasteiger partial charge in [-0.3, -0.25) is 14.2 Å². The van der Waals surface area contributed by atoms with Gasteiger partial charge in [0.25, 0.3) is 4.45 Å². The minimum Gasteiger partial charge on any atom is -0.408 e. The van der Waals surface area contributed by atoms with E-state index < -0.39 is 5.76 Å². The summed E-state index contributed by atoms with van der Waals surface area (Å²) < 4.78 is 13.4. The molecule has 1 aromatic heterocycles. The molecule has 1 saturated heterocycles. The summed E-state index contributed by atoms with van der Waals surface area (Å²) in [4.78, 5) is 35.7. The number of morpholine rings is 1. The molecule has 1 aliphatic heterocycles. The van der Waals surface area contributed by atoms with Gasteiger partial charge in [-0.2, -0.15) is 0 Å². The zero-order valence-corrected chi connectivity index (χ0v) is 14.7. The third-order valence-electron chi connectivity index (χ3n) is 3.61. The second-order valence-corrected chi connectivity index (χ2v) is 7.48. The monoisotopic (exact) mass is 368 g/mol. The van der Waals surface area contributed by atoms with Crippen molar-refractivity contribution >= 4 is 45.0 Å². The maximum absolute atomic E-state index is 12.3. The standard InChI is InChI=1S/C15H16N2O5S2/c1-16-11-8-10(2-3-13(11)22-14(16)19)12(18)9-23-15(20)24-17-4-6-21-7-5-17/h2-3,8H,4-7,9H2,1H3. The Hall–Kier alpha value is -1.55. The number of aryl methyl sites for hydroxylation is 1. The van der Waals surface area contributed by atoms with Crippen LogP contribution < -0.4 is 5.76 Å². The molecular weight excluding hydrogens is 352 g/mol. The minimum absolute atomic E-state index is 0.0630. The predicted molar refractivity (Wildman–Crippen MR) is 93.6 cm³/mol. The number of thioether (sulfide) groups is 1. The van der Waals surface area contributed by atoms with Crippen LogP contribution in [-0.4, -0.2) is 51.2 Å². The van der Waals surface area contributed by atoms with E-state index in [0.29, 0.717) is 43.0 Å². The van der Waals surface area contributed by atoms with Gasteiger partial charge in [0.05, 0.1) is 24.5 Å². The summed E-state index contributed by atoms with van der Waals surface area (Å²) in [7, 11) is 1.58. The first kappa shape index (κ1) is 17.3. The van der Waals surface area contributed by atoms with Crippen LogP contribution in [-0.2, 0) is 11.8 Å². The van der Waals surface area contributed by atoms with Gasteiger partial charge >= 0.3 is 5.76 Å². The highest BCUT2D eigenvalue weighted by Gasteiger charge is 2.18. The van der Waals surface area contributed by atoms with Crippen LogP contribution in [0.25, 0.3) is 11.1 Å². The summed E-state index contributed by atoms with van der Waals surface area (Å²) in [6.45, 7) is 2.65. The fraction of sp³-hybridized carbons (Fsp3) is 0.400. The first-order valence-electron chi connectivity index (χ1n) is 7.35. The number of carbonyl (C=O) groups is 2. The Morgan fingerprint density at radius 2 is 2.00 bits per heavy atom. The van der Waals surface area contributed by atoms with Crippen LogP contribution in [0.5, 0.6) is 0 Å². The number of Topliss-reactive ketones (excluding diaryl/α,β-unsaturated/α-hetero) is 1. The zero-order chi connectivity index (χ0) is 17.1. The van der Waals surface area contributed by atoms with Crippen molar-refractivity contribution in [1.29, 1.82) is 0 Å². The van der Waals surface area contributed by atoms with Crippen LogP contribution in [0.1, 0.15) is 10.4 Å². The third-order valence-corrected chi connectivity index (χ3v) is 5.60. The summed E-state index contributed by atoms with van der Waals surface area (Å²) in [5.74, 6) is -0.569. The van der Waals surface area contributed by atoms with Gasteiger partial charge in [-0.05, 0) is 18.2 Å². The molecule has 3 rings (SSSR count). The molecule has 0 unspecified atom stereocenters. The summed E-state index contributed by atoms with van der Waals surface area (Å²) in [5, 5.41) is 0. The van der Waals surface area contributed by atoms with Gasteiger partial charge in [0, 0.05) is 37.6 Å². The number of fused-ring (bicyclic) bond motifs is 1. The molecule has 7 nitrogen and oxygen atoms in total. The van der Waals surface area contributed by atoms with Crippen LogP contribution in [0.3, 0.4) is 0 Å². The van der Waals surface area contributed by atoms with E-state index >= 15 is 0 Å². The molecule has 0 spiro atoms. The Balaban J connectivity index is 1.59. The molecule has 0 amide bonds. The number of nitrogens with zero attached hydrogens (tertiary/aromatic N) is 2. The van der Waals surface area contributed by atoms with Gasteiger partial charge in [0.15, 0.2) is 11.4 Å². The molecule has 1 aliphatic rings. The van der Waals surface area contributed by atoms with Crippen LogP contribution in [0.15, 0.2) is 27.4 Å². The minimum atomic E-state index is -0.471. The van der Waals surface area contributed by atoms with Crippen LogP contribution in [0.4, 0.5) is 4.79 Å². The molecule has 0 N–H and O–H groups in total. The lowest BCUT2D eigenvalue weighted by Gasteiger charge is -2.23. The lowest BCUT2D eigenvalue weighted by molar-refractivity contribution is 0.0776. The zero-order valence-electron chi connectivity index (χ0n) is 13.0. The first-order valence-corrected chi connectivity index (χ1v) is 9.10. The van der Waals surface area contributed by atoms with E-state index in [1.165, 1.54) is 4.57 Å². The number of ether oxygens (including phenoxy) is 1. The number of rotatable bonds is 4. The van der Waals surface area contributed by atoms with Gasteiger partial charge in [-0.15, -0.1) is 0 Å². The number of hydrogen-bond donors (Lipinski definition) is 0. The van der Waals surface area contributed by atoms with Crippen LogP contribution in [0, 0.1) is 0 Å². The van der Waals surface area contributed by atoms with E-state index in [4.69, 9.17) is 9.15 Å². The quantitative estimate of drug-likeness (QED) is 0.600. The van der Waals surface area contributed by atoms with Crippen molar-refractivity contribution in [3.8, 4) is 0 Å². The molecule has 128 valence electrons. The fourth-order valence-electron chi connectivity index (χ4n) is 2.28. The average molecular weight is 368 g/mol. The smallest absolute Gasteiger partial charge is 0.408 e. The molecule has 0 atom stereocenters. The highest BCUT2D eigenvalue weighted by atomic mass is 32.2. The average Bonchev–Trinajstić information content (AvgIpc) is 2.87. The second-order valence-electron chi connectivity index (χ2n) is 5.20. The topological polar surface area (TPSA) is 81.8 Å². The molecule has 0 bridgehead atoms. The van der Waals surface area contributed by atoms with E-state index in [1.54, 1.807) is 25.2 Å². The van der Waals surface area contributed by atoms with E-state index in [2.05, 4.69) is 0 Å².